The number of imidazole rings is 1. The molecular formula is C21H20ClF2N9O2. The van der Waals surface area contributed by atoms with Gasteiger partial charge in [-0.3, -0.25) is 9.36 Å². The first kappa shape index (κ1) is 24.3. The second-order valence-electron chi connectivity index (χ2n) is 8.19. The van der Waals surface area contributed by atoms with Crippen molar-refractivity contribution in [3.63, 3.8) is 0 Å². The molecule has 3 aromatic rings. The minimum atomic E-state index is -2.68. The Balaban J connectivity index is 1.54. The highest BCUT2D eigenvalue weighted by Gasteiger charge is 2.45. The van der Waals surface area contributed by atoms with Gasteiger partial charge in [0, 0.05) is 52.3 Å². The van der Waals surface area contributed by atoms with E-state index in [1.54, 1.807) is 19.1 Å². The lowest BCUT2D eigenvalue weighted by molar-refractivity contribution is -0.0794. The Hall–Kier alpha value is -3.80. The SMILES string of the molecule is Cc1cnc(NC2CC(F)(F)C2)nc1-n1cnc(C(=O)NC(O)(CN=[N+]=[N-])c2cccc(Cl)c2)c1. The molecule has 0 aliphatic heterocycles. The van der Waals surface area contributed by atoms with Crippen LogP contribution < -0.4 is 10.6 Å². The number of nitrogens with zero attached hydrogens (tertiary/aromatic N) is 7. The summed E-state index contributed by atoms with van der Waals surface area (Å²) in [6.45, 7) is 1.25. The zero-order chi connectivity index (χ0) is 25.2. The second kappa shape index (κ2) is 9.45. The molecule has 0 bridgehead atoms. The maximum Gasteiger partial charge on any atom is 0.273 e. The number of carbonyl (C=O) groups excluding carboxylic acids is 1. The van der Waals surface area contributed by atoms with E-state index in [9.17, 15) is 18.7 Å². The Bertz CT molecular complexity index is 1300. The fraction of sp³-hybridized carbons (Fsp3) is 0.333. The van der Waals surface area contributed by atoms with Crippen LogP contribution in [0.2, 0.25) is 5.02 Å². The minimum Gasteiger partial charge on any atom is -0.367 e. The van der Waals surface area contributed by atoms with Gasteiger partial charge in [-0.2, -0.15) is 4.98 Å². The molecule has 1 aliphatic carbocycles. The number of carbonyl (C=O) groups is 1. The average Bonchev–Trinajstić information content (AvgIpc) is 3.28. The first-order valence-electron chi connectivity index (χ1n) is 10.4. The van der Waals surface area contributed by atoms with Gasteiger partial charge < -0.3 is 15.7 Å². The van der Waals surface area contributed by atoms with Crippen LogP contribution in [0, 0.1) is 6.92 Å². The number of aromatic nitrogens is 4. The molecule has 2 aromatic heterocycles. The molecule has 1 amide bonds. The number of nitrogens with one attached hydrogen (secondary N) is 2. The third-order valence-corrected chi connectivity index (χ3v) is 5.65. The van der Waals surface area contributed by atoms with E-state index in [0.29, 0.717) is 16.4 Å². The molecule has 1 unspecified atom stereocenters. The number of hydrogen-bond acceptors (Lipinski definition) is 7. The van der Waals surface area contributed by atoms with E-state index in [1.807, 2.05) is 0 Å². The topological polar surface area (TPSA) is 154 Å². The normalized spacial score (nSPS) is 16.5. The summed E-state index contributed by atoms with van der Waals surface area (Å²) in [5.41, 5.74) is 7.47. The fourth-order valence-corrected chi connectivity index (χ4v) is 3.79. The van der Waals surface area contributed by atoms with Gasteiger partial charge in [-0.05, 0) is 24.6 Å². The van der Waals surface area contributed by atoms with Crippen LogP contribution in [0.15, 0.2) is 48.1 Å². The van der Waals surface area contributed by atoms with Crippen molar-refractivity contribution in [2.75, 3.05) is 11.9 Å². The monoisotopic (exact) mass is 503 g/mol. The van der Waals surface area contributed by atoms with Crippen LogP contribution in [0.25, 0.3) is 16.3 Å². The standard InChI is InChI=1S/C21H20ClF2N9O2/c1-12-8-26-19(29-15-6-20(23,24)7-15)30-17(12)33-9-16(27-11-33)18(34)31-21(35,10-28-32-25)13-3-2-4-14(22)5-13/h2-5,8-9,11,15,35H,6-7,10H2,1H3,(H,31,34)(H,26,29,30). The summed E-state index contributed by atoms with van der Waals surface area (Å²) in [5.74, 6) is -2.86. The quantitative estimate of drug-likeness (QED) is 0.184. The highest BCUT2D eigenvalue weighted by molar-refractivity contribution is 6.30. The summed E-state index contributed by atoms with van der Waals surface area (Å²) in [5, 5.41) is 20.1. The minimum absolute atomic E-state index is 0.0578. The number of anilines is 1. The predicted octanol–water partition coefficient (Wildman–Crippen LogP) is 3.72. The van der Waals surface area contributed by atoms with Gasteiger partial charge in [0.1, 0.15) is 17.8 Å². The molecule has 1 saturated carbocycles. The zero-order valence-corrected chi connectivity index (χ0v) is 19.1. The molecule has 4 rings (SSSR count). The van der Waals surface area contributed by atoms with Crippen molar-refractivity contribution in [1.29, 1.82) is 0 Å². The molecule has 3 N–H and O–H groups in total. The van der Waals surface area contributed by atoms with Crippen LogP contribution in [-0.2, 0) is 5.72 Å². The maximum absolute atomic E-state index is 13.1. The maximum atomic E-state index is 13.1. The summed E-state index contributed by atoms with van der Waals surface area (Å²) in [4.78, 5) is 28.1. The molecule has 1 aliphatic rings. The van der Waals surface area contributed by atoms with Gasteiger partial charge >= 0.3 is 0 Å². The lowest BCUT2D eigenvalue weighted by atomic mass is 9.88. The second-order valence-corrected chi connectivity index (χ2v) is 8.62. The van der Waals surface area contributed by atoms with E-state index in [1.165, 1.54) is 35.4 Å². The number of aliphatic hydroxyl groups is 1. The largest absolute Gasteiger partial charge is 0.367 e. The molecule has 35 heavy (non-hydrogen) atoms. The van der Waals surface area contributed by atoms with Crippen molar-refractivity contribution in [2.24, 2.45) is 5.11 Å². The molecule has 2 heterocycles. The number of aryl methyl sites for hydroxylation is 1. The molecule has 14 heteroatoms. The summed E-state index contributed by atoms with van der Waals surface area (Å²) >= 11 is 6.00. The lowest BCUT2D eigenvalue weighted by Crippen LogP contribution is -2.48. The van der Waals surface area contributed by atoms with Crippen molar-refractivity contribution in [3.8, 4) is 5.82 Å². The van der Waals surface area contributed by atoms with Gasteiger partial charge in [-0.1, -0.05) is 28.8 Å². The number of azide groups is 1. The van der Waals surface area contributed by atoms with Gasteiger partial charge in [-0.25, -0.2) is 18.7 Å². The van der Waals surface area contributed by atoms with Gasteiger partial charge in [0.2, 0.25) is 5.95 Å². The highest BCUT2D eigenvalue weighted by Crippen LogP contribution is 2.38. The first-order valence-corrected chi connectivity index (χ1v) is 10.8. The number of halogens is 3. The Morgan fingerprint density at radius 3 is 2.89 bits per heavy atom. The first-order chi connectivity index (χ1) is 16.6. The summed E-state index contributed by atoms with van der Waals surface area (Å²) < 4.78 is 27.7. The Morgan fingerprint density at radius 2 is 2.20 bits per heavy atom. The third kappa shape index (κ3) is 5.48. The van der Waals surface area contributed by atoms with E-state index in [4.69, 9.17) is 17.1 Å². The van der Waals surface area contributed by atoms with Gasteiger partial charge in [-0.15, -0.1) is 0 Å². The zero-order valence-electron chi connectivity index (χ0n) is 18.4. The summed E-state index contributed by atoms with van der Waals surface area (Å²) in [7, 11) is 0. The van der Waals surface area contributed by atoms with Crippen LogP contribution in [0.5, 0.6) is 0 Å². The van der Waals surface area contributed by atoms with Crippen molar-refractivity contribution in [3.05, 3.63) is 75.3 Å². The van der Waals surface area contributed by atoms with E-state index in [2.05, 4.69) is 35.6 Å². The molecule has 1 aromatic carbocycles. The summed E-state index contributed by atoms with van der Waals surface area (Å²) in [6, 6.07) is 5.70. The molecule has 182 valence electrons. The predicted molar refractivity (Wildman–Crippen MR) is 122 cm³/mol. The molecule has 1 fully saturated rings. The number of alkyl halides is 2. The van der Waals surface area contributed by atoms with Crippen LogP contribution in [-0.4, -0.2) is 49.0 Å². The van der Waals surface area contributed by atoms with Gasteiger partial charge in [0.15, 0.2) is 5.72 Å². The molecule has 0 saturated heterocycles. The van der Waals surface area contributed by atoms with Crippen molar-refractivity contribution in [2.45, 2.75) is 37.5 Å². The molecular weight excluding hydrogens is 484 g/mol. The van der Waals surface area contributed by atoms with E-state index < -0.39 is 30.1 Å². The Morgan fingerprint density at radius 1 is 1.43 bits per heavy atom. The van der Waals surface area contributed by atoms with Crippen LogP contribution in [0.4, 0.5) is 14.7 Å². The number of hydrogen-bond donors (Lipinski definition) is 3. The number of rotatable bonds is 8. The van der Waals surface area contributed by atoms with E-state index >= 15 is 0 Å². The van der Waals surface area contributed by atoms with E-state index in [0.717, 1.165) is 0 Å². The smallest absolute Gasteiger partial charge is 0.273 e. The molecule has 0 radical (unpaired) electrons. The highest BCUT2D eigenvalue weighted by atomic mass is 35.5. The Kier molecular flexibility index (Phi) is 6.57. The van der Waals surface area contributed by atoms with Crippen LogP contribution in [0.1, 0.15) is 34.5 Å². The third-order valence-electron chi connectivity index (χ3n) is 5.41. The van der Waals surface area contributed by atoms with Crippen molar-refractivity contribution < 1.29 is 18.7 Å². The van der Waals surface area contributed by atoms with Gasteiger partial charge in [0.05, 0.1) is 6.54 Å². The Labute approximate surface area is 202 Å². The van der Waals surface area contributed by atoms with Crippen molar-refractivity contribution >= 4 is 23.5 Å². The van der Waals surface area contributed by atoms with Crippen molar-refractivity contribution in [1.82, 2.24) is 24.8 Å². The molecule has 11 nitrogen and oxygen atoms in total. The average molecular weight is 504 g/mol. The lowest BCUT2D eigenvalue weighted by Gasteiger charge is -2.35. The van der Waals surface area contributed by atoms with Crippen LogP contribution >= 0.6 is 11.6 Å². The number of benzene rings is 1. The molecule has 0 spiro atoms. The fourth-order valence-electron chi connectivity index (χ4n) is 3.60. The van der Waals surface area contributed by atoms with Gasteiger partial charge in [0.25, 0.3) is 11.8 Å². The summed E-state index contributed by atoms with van der Waals surface area (Å²) in [6.07, 6.45) is 3.68. The number of amides is 1. The van der Waals surface area contributed by atoms with Crippen LogP contribution in [0.3, 0.4) is 0 Å². The van der Waals surface area contributed by atoms with E-state index in [-0.39, 0.29) is 30.0 Å². The molecule has 1 atom stereocenters.